The number of carbonyl (C=O) groups excluding carboxylic acids is 1. The van der Waals surface area contributed by atoms with Crippen molar-refractivity contribution in [2.24, 2.45) is 0 Å². The van der Waals surface area contributed by atoms with Crippen LogP contribution in [0.1, 0.15) is 15.2 Å². The van der Waals surface area contributed by atoms with Gasteiger partial charge in [0.1, 0.15) is 4.88 Å². The number of aliphatic hydroxyl groups is 1. The van der Waals surface area contributed by atoms with Crippen LogP contribution in [0.25, 0.3) is 0 Å². The second-order valence-electron chi connectivity index (χ2n) is 4.80. The zero-order valence-corrected chi connectivity index (χ0v) is 12.2. The first kappa shape index (κ1) is 13.3. The second-order valence-corrected chi connectivity index (χ2v) is 7.14. The third kappa shape index (κ3) is 2.15. The van der Waals surface area contributed by atoms with Crippen LogP contribution in [-0.4, -0.2) is 42.7 Å². The first-order valence-electron chi connectivity index (χ1n) is 5.77. The van der Waals surface area contributed by atoms with E-state index in [0.717, 1.165) is 0 Å². The third-order valence-corrected chi connectivity index (χ3v) is 5.28. The molecule has 0 fully saturated rings. The molecule has 0 aliphatic carbocycles. The Balaban J connectivity index is 2.12. The van der Waals surface area contributed by atoms with Crippen molar-refractivity contribution in [3.8, 4) is 0 Å². The summed E-state index contributed by atoms with van der Waals surface area (Å²) in [7, 11) is 0. The van der Waals surface area contributed by atoms with E-state index in [1.54, 1.807) is 0 Å². The van der Waals surface area contributed by atoms with E-state index in [9.17, 15) is 18.7 Å². The maximum atomic E-state index is 13.8. The average Bonchev–Trinajstić information content (AvgIpc) is 2.57. The number of thiophene rings is 1. The molecule has 1 aromatic heterocycles. The van der Waals surface area contributed by atoms with Crippen molar-refractivity contribution in [2.45, 2.75) is 18.4 Å². The number of aliphatic hydroxyl groups excluding tert-OH is 1. The number of alkyl halides is 2. The number of rotatable bonds is 1. The zero-order chi connectivity index (χ0) is 13.8. The van der Waals surface area contributed by atoms with Crippen LogP contribution in [0.2, 0.25) is 0 Å². The first-order chi connectivity index (χ1) is 8.91. The molecule has 2 aliphatic rings. The molecule has 4 nitrogen and oxygen atoms in total. The van der Waals surface area contributed by atoms with Crippen LogP contribution in [0.15, 0.2) is 3.79 Å². The Morgan fingerprint density at radius 1 is 1.58 bits per heavy atom. The predicted octanol–water partition coefficient (Wildman–Crippen LogP) is 1.61. The summed E-state index contributed by atoms with van der Waals surface area (Å²) in [6, 6.07) is -0.521. The van der Waals surface area contributed by atoms with Gasteiger partial charge in [-0.25, -0.2) is 8.78 Å². The molecule has 1 aromatic rings. The van der Waals surface area contributed by atoms with Gasteiger partial charge >= 0.3 is 0 Å². The monoisotopic (exact) mass is 352 g/mol. The summed E-state index contributed by atoms with van der Waals surface area (Å²) in [4.78, 5) is 14.0. The Hall–Kier alpha value is -0.730. The van der Waals surface area contributed by atoms with Gasteiger partial charge in [0.15, 0.2) is 0 Å². The molecule has 0 aromatic carbocycles. The molecule has 2 aliphatic heterocycles. The van der Waals surface area contributed by atoms with E-state index in [1.165, 1.54) is 16.2 Å². The summed E-state index contributed by atoms with van der Waals surface area (Å²) < 4.78 is 28.1. The molecule has 104 valence electrons. The maximum absolute atomic E-state index is 13.8. The fraction of sp³-hybridized carbons (Fsp3) is 0.545. The van der Waals surface area contributed by atoms with Gasteiger partial charge in [0, 0.05) is 18.5 Å². The highest BCUT2D eigenvalue weighted by molar-refractivity contribution is 9.11. The number of nitrogens with one attached hydrogen (secondary N) is 1. The van der Waals surface area contributed by atoms with Crippen LogP contribution in [0.4, 0.5) is 14.5 Å². The van der Waals surface area contributed by atoms with Crippen molar-refractivity contribution < 1.29 is 18.7 Å². The van der Waals surface area contributed by atoms with Crippen molar-refractivity contribution in [1.29, 1.82) is 0 Å². The zero-order valence-electron chi connectivity index (χ0n) is 9.75. The van der Waals surface area contributed by atoms with E-state index in [-0.39, 0.29) is 25.5 Å². The Kier molecular flexibility index (Phi) is 3.06. The maximum Gasteiger partial charge on any atom is 0.269 e. The van der Waals surface area contributed by atoms with Gasteiger partial charge < -0.3 is 15.3 Å². The van der Waals surface area contributed by atoms with Crippen LogP contribution in [-0.2, 0) is 6.42 Å². The Labute approximate surface area is 120 Å². The minimum Gasteiger partial charge on any atom is -0.394 e. The number of carbonyl (C=O) groups is 1. The van der Waals surface area contributed by atoms with Crippen molar-refractivity contribution in [3.63, 3.8) is 0 Å². The highest BCUT2D eigenvalue weighted by atomic mass is 79.9. The van der Waals surface area contributed by atoms with Gasteiger partial charge in [-0.15, -0.1) is 11.3 Å². The molecule has 0 radical (unpaired) electrons. The van der Waals surface area contributed by atoms with Crippen LogP contribution < -0.4 is 10.2 Å². The predicted molar refractivity (Wildman–Crippen MR) is 71.2 cm³/mol. The minimum atomic E-state index is -2.82. The lowest BCUT2D eigenvalue weighted by Crippen LogP contribution is -2.48. The molecule has 0 saturated heterocycles. The highest BCUT2D eigenvalue weighted by Crippen LogP contribution is 2.46. The number of hydrogen-bond donors (Lipinski definition) is 2. The van der Waals surface area contributed by atoms with Crippen molar-refractivity contribution >= 4 is 38.9 Å². The van der Waals surface area contributed by atoms with Crippen LogP contribution >= 0.6 is 27.3 Å². The van der Waals surface area contributed by atoms with Gasteiger partial charge in [-0.05, 0) is 15.9 Å². The number of amides is 1. The quantitative estimate of drug-likeness (QED) is 0.807. The summed E-state index contributed by atoms with van der Waals surface area (Å²) in [5, 5.41) is 11.9. The van der Waals surface area contributed by atoms with Crippen molar-refractivity contribution in [3.05, 3.63) is 14.2 Å². The Bertz CT molecular complexity index is 549. The molecule has 0 spiro atoms. The molecule has 1 amide bonds. The fourth-order valence-electron chi connectivity index (χ4n) is 2.57. The number of hydrogen-bond acceptors (Lipinski definition) is 4. The smallest absolute Gasteiger partial charge is 0.269 e. The van der Waals surface area contributed by atoms with E-state index in [1.807, 2.05) is 0 Å². The van der Waals surface area contributed by atoms with E-state index in [4.69, 9.17) is 0 Å². The van der Waals surface area contributed by atoms with E-state index in [0.29, 0.717) is 19.9 Å². The van der Waals surface area contributed by atoms with Gasteiger partial charge in [0.2, 0.25) is 0 Å². The molecule has 1 unspecified atom stereocenters. The molecule has 2 N–H and O–H groups in total. The Morgan fingerprint density at radius 2 is 2.32 bits per heavy atom. The molecule has 0 saturated carbocycles. The molecule has 19 heavy (non-hydrogen) atoms. The summed E-state index contributed by atoms with van der Waals surface area (Å²) >= 11 is 4.43. The van der Waals surface area contributed by atoms with Crippen LogP contribution in [0, 0.1) is 0 Å². The lowest BCUT2D eigenvalue weighted by Gasteiger charge is -2.35. The summed E-state index contributed by atoms with van der Waals surface area (Å²) in [5.41, 5.74) is 1.08. The lowest BCUT2D eigenvalue weighted by atomic mass is 10.0. The average molecular weight is 353 g/mol. The van der Waals surface area contributed by atoms with Crippen LogP contribution in [0.3, 0.4) is 0 Å². The lowest BCUT2D eigenvalue weighted by molar-refractivity contribution is 0.00490. The summed E-state index contributed by atoms with van der Waals surface area (Å²) in [6.45, 7) is -0.484. The standard InChI is InChI=1S/C11H11BrF2N2O2S/c12-9-6-1-11(13,14)4-16-2-5(3-17)15-10(18)8(19-9)7(6)16/h5,17H,1-4H2,(H,15,18). The largest absolute Gasteiger partial charge is 0.394 e. The van der Waals surface area contributed by atoms with E-state index < -0.39 is 18.5 Å². The number of halogens is 3. The topological polar surface area (TPSA) is 52.6 Å². The van der Waals surface area contributed by atoms with Gasteiger partial charge in [0.05, 0.1) is 28.7 Å². The molecular weight excluding hydrogens is 342 g/mol. The van der Waals surface area contributed by atoms with Crippen molar-refractivity contribution in [2.75, 3.05) is 24.6 Å². The van der Waals surface area contributed by atoms with Gasteiger partial charge in [-0.3, -0.25) is 4.79 Å². The van der Waals surface area contributed by atoms with Gasteiger partial charge in [-0.2, -0.15) is 0 Å². The number of anilines is 1. The molecular formula is C11H11BrF2N2O2S. The minimum absolute atomic E-state index is 0.195. The molecule has 3 rings (SSSR count). The summed E-state index contributed by atoms with van der Waals surface area (Å²) in [5.74, 6) is -3.12. The van der Waals surface area contributed by atoms with Gasteiger partial charge in [0.25, 0.3) is 11.8 Å². The Morgan fingerprint density at radius 3 is 3.00 bits per heavy atom. The third-order valence-electron chi connectivity index (χ3n) is 3.31. The van der Waals surface area contributed by atoms with Crippen LogP contribution in [0.5, 0.6) is 0 Å². The molecule has 0 bridgehead atoms. The normalized spacial score (nSPS) is 24.7. The number of nitrogens with zero attached hydrogens (tertiary/aromatic N) is 1. The van der Waals surface area contributed by atoms with E-state index in [2.05, 4.69) is 21.2 Å². The highest BCUT2D eigenvalue weighted by Gasteiger charge is 2.44. The molecule has 1 atom stereocenters. The van der Waals surface area contributed by atoms with Gasteiger partial charge in [-0.1, -0.05) is 0 Å². The fourth-order valence-corrected chi connectivity index (χ4v) is 4.35. The van der Waals surface area contributed by atoms with Crippen molar-refractivity contribution in [1.82, 2.24) is 5.32 Å². The summed E-state index contributed by atoms with van der Waals surface area (Å²) in [6.07, 6.45) is -0.354. The van der Waals surface area contributed by atoms with E-state index >= 15 is 0 Å². The SMILES string of the molecule is O=C1NC(CO)CN2CC(F)(F)Cc3c(Br)sc1c32. The molecule has 8 heteroatoms. The second kappa shape index (κ2) is 4.39. The molecule has 3 heterocycles. The first-order valence-corrected chi connectivity index (χ1v) is 7.38.